The maximum atomic E-state index is 5.75. The fourth-order valence-electron chi connectivity index (χ4n) is 1.43. The van der Waals surface area contributed by atoms with E-state index in [1.54, 1.807) is 0 Å². The van der Waals surface area contributed by atoms with Crippen molar-refractivity contribution in [2.45, 2.75) is 46.7 Å². The standard InChI is InChI=1S/C15H23ClN2O/c1-11(8-16)10-19-14-7-6-12(2)18-13(14)9-17-15(3,4)5/h6-8,17H,9-10H2,1-5H3/b11-8-. The number of halogens is 1. The minimum absolute atomic E-state index is 0.0503. The van der Waals surface area contributed by atoms with E-state index in [0.29, 0.717) is 13.2 Å². The molecule has 0 bridgehead atoms. The van der Waals surface area contributed by atoms with Gasteiger partial charge in [0.25, 0.3) is 0 Å². The number of pyridine rings is 1. The molecule has 0 atom stereocenters. The predicted octanol–water partition coefficient (Wildman–Crippen LogP) is 3.80. The molecule has 1 N–H and O–H groups in total. The van der Waals surface area contributed by atoms with Crippen LogP contribution in [0.25, 0.3) is 0 Å². The Morgan fingerprint density at radius 3 is 2.68 bits per heavy atom. The summed E-state index contributed by atoms with van der Waals surface area (Å²) in [4.78, 5) is 4.54. The largest absolute Gasteiger partial charge is 0.487 e. The Balaban J connectivity index is 2.79. The molecule has 0 saturated heterocycles. The van der Waals surface area contributed by atoms with Crippen LogP contribution in [0.15, 0.2) is 23.2 Å². The summed E-state index contributed by atoms with van der Waals surface area (Å²) < 4.78 is 5.75. The molecule has 1 aromatic rings. The average molecular weight is 283 g/mol. The zero-order valence-corrected chi connectivity index (χ0v) is 13.1. The highest BCUT2D eigenvalue weighted by Crippen LogP contribution is 2.18. The molecule has 0 amide bonds. The van der Waals surface area contributed by atoms with E-state index in [9.17, 15) is 0 Å². The minimum atomic E-state index is 0.0503. The molecule has 4 heteroatoms. The van der Waals surface area contributed by atoms with Gasteiger partial charge in [-0.1, -0.05) is 11.6 Å². The number of aromatic nitrogens is 1. The molecule has 1 heterocycles. The third-order valence-corrected chi connectivity index (χ3v) is 2.87. The van der Waals surface area contributed by atoms with E-state index in [0.717, 1.165) is 22.7 Å². The van der Waals surface area contributed by atoms with Gasteiger partial charge in [0.15, 0.2) is 0 Å². The van der Waals surface area contributed by atoms with E-state index in [2.05, 4.69) is 31.1 Å². The molecule has 1 rings (SSSR count). The van der Waals surface area contributed by atoms with E-state index >= 15 is 0 Å². The SMILES string of the molecule is C/C(=C/Cl)COc1ccc(C)nc1CNC(C)(C)C. The lowest BCUT2D eigenvalue weighted by molar-refractivity contribution is 0.340. The van der Waals surface area contributed by atoms with Crippen molar-refractivity contribution in [1.82, 2.24) is 10.3 Å². The normalized spacial score (nSPS) is 12.6. The smallest absolute Gasteiger partial charge is 0.142 e. The van der Waals surface area contributed by atoms with Gasteiger partial charge in [-0.2, -0.15) is 0 Å². The monoisotopic (exact) mass is 282 g/mol. The summed E-state index contributed by atoms with van der Waals surface area (Å²) in [6, 6.07) is 3.92. The number of ether oxygens (including phenoxy) is 1. The molecule has 0 aliphatic rings. The second-order valence-corrected chi connectivity index (χ2v) is 5.96. The molecule has 1 aromatic heterocycles. The maximum Gasteiger partial charge on any atom is 0.142 e. The first-order chi connectivity index (χ1) is 8.81. The molecule has 0 aliphatic heterocycles. The van der Waals surface area contributed by atoms with Crippen molar-refractivity contribution in [3.63, 3.8) is 0 Å². The van der Waals surface area contributed by atoms with Crippen LogP contribution in [0.2, 0.25) is 0 Å². The van der Waals surface area contributed by atoms with E-state index < -0.39 is 0 Å². The van der Waals surface area contributed by atoms with Gasteiger partial charge >= 0.3 is 0 Å². The van der Waals surface area contributed by atoms with Crippen molar-refractivity contribution < 1.29 is 4.74 Å². The van der Waals surface area contributed by atoms with Crippen LogP contribution in [0.4, 0.5) is 0 Å². The van der Waals surface area contributed by atoms with Gasteiger partial charge in [0, 0.05) is 23.3 Å². The Hall–Kier alpha value is -1.06. The van der Waals surface area contributed by atoms with Gasteiger partial charge in [0.05, 0.1) is 5.69 Å². The van der Waals surface area contributed by atoms with Crippen LogP contribution in [-0.4, -0.2) is 17.1 Å². The number of nitrogens with one attached hydrogen (secondary N) is 1. The highest BCUT2D eigenvalue weighted by molar-refractivity contribution is 6.25. The van der Waals surface area contributed by atoms with Crippen LogP contribution in [0.3, 0.4) is 0 Å². The summed E-state index contributed by atoms with van der Waals surface area (Å²) in [5.74, 6) is 0.806. The zero-order chi connectivity index (χ0) is 14.5. The summed E-state index contributed by atoms with van der Waals surface area (Å²) in [5.41, 5.74) is 4.49. The van der Waals surface area contributed by atoms with Crippen LogP contribution in [0.1, 0.15) is 39.1 Å². The second kappa shape index (κ2) is 6.92. The molecule has 0 fully saturated rings. The molecule has 0 unspecified atom stereocenters. The van der Waals surface area contributed by atoms with Crippen LogP contribution in [0.5, 0.6) is 5.75 Å². The first-order valence-electron chi connectivity index (χ1n) is 6.42. The fraction of sp³-hybridized carbons (Fsp3) is 0.533. The van der Waals surface area contributed by atoms with Gasteiger partial charge in [0.2, 0.25) is 0 Å². The van der Waals surface area contributed by atoms with Crippen LogP contribution in [0, 0.1) is 6.92 Å². The van der Waals surface area contributed by atoms with E-state index in [-0.39, 0.29) is 5.54 Å². The number of rotatable bonds is 5. The maximum absolute atomic E-state index is 5.75. The third-order valence-electron chi connectivity index (χ3n) is 2.50. The Morgan fingerprint density at radius 1 is 1.42 bits per heavy atom. The van der Waals surface area contributed by atoms with Gasteiger partial charge in [-0.3, -0.25) is 4.98 Å². The number of hydrogen-bond acceptors (Lipinski definition) is 3. The summed E-state index contributed by atoms with van der Waals surface area (Å²) >= 11 is 5.63. The predicted molar refractivity (Wildman–Crippen MR) is 80.7 cm³/mol. The molecule has 0 radical (unpaired) electrons. The fourth-order valence-corrected chi connectivity index (χ4v) is 1.49. The molecule has 0 aromatic carbocycles. The van der Waals surface area contributed by atoms with E-state index in [1.807, 2.05) is 26.0 Å². The minimum Gasteiger partial charge on any atom is -0.487 e. The van der Waals surface area contributed by atoms with Crippen molar-refractivity contribution in [2.24, 2.45) is 0 Å². The van der Waals surface area contributed by atoms with E-state index in [4.69, 9.17) is 16.3 Å². The highest BCUT2D eigenvalue weighted by Gasteiger charge is 2.12. The van der Waals surface area contributed by atoms with E-state index in [1.165, 1.54) is 5.54 Å². The number of nitrogens with zero attached hydrogens (tertiary/aromatic N) is 1. The lowest BCUT2D eigenvalue weighted by Crippen LogP contribution is -2.35. The van der Waals surface area contributed by atoms with Gasteiger partial charge in [-0.15, -0.1) is 0 Å². The first kappa shape index (κ1) is 16.0. The second-order valence-electron chi connectivity index (χ2n) is 5.75. The summed E-state index contributed by atoms with van der Waals surface area (Å²) in [7, 11) is 0. The van der Waals surface area contributed by atoms with Crippen LogP contribution < -0.4 is 10.1 Å². The van der Waals surface area contributed by atoms with Crippen LogP contribution in [-0.2, 0) is 6.54 Å². The van der Waals surface area contributed by atoms with Crippen molar-refractivity contribution in [1.29, 1.82) is 0 Å². The average Bonchev–Trinajstić information content (AvgIpc) is 2.33. The number of aryl methyl sites for hydroxylation is 1. The summed E-state index contributed by atoms with van der Waals surface area (Å²) in [5, 5.41) is 3.42. The van der Waals surface area contributed by atoms with Crippen molar-refractivity contribution >= 4 is 11.6 Å². The number of hydrogen-bond donors (Lipinski definition) is 1. The molecule has 0 spiro atoms. The van der Waals surface area contributed by atoms with Crippen molar-refractivity contribution in [3.05, 3.63) is 34.6 Å². The molecule has 19 heavy (non-hydrogen) atoms. The first-order valence-corrected chi connectivity index (χ1v) is 6.85. The molecule has 0 saturated carbocycles. The zero-order valence-electron chi connectivity index (χ0n) is 12.4. The Morgan fingerprint density at radius 2 is 2.11 bits per heavy atom. The molecule has 3 nitrogen and oxygen atoms in total. The highest BCUT2D eigenvalue weighted by atomic mass is 35.5. The van der Waals surface area contributed by atoms with Gasteiger partial charge in [-0.05, 0) is 52.3 Å². The lowest BCUT2D eigenvalue weighted by Gasteiger charge is -2.21. The molecule has 0 aliphatic carbocycles. The Kier molecular flexibility index (Phi) is 5.83. The summed E-state index contributed by atoms with van der Waals surface area (Å²) in [6.45, 7) is 11.5. The molecular formula is C15H23ClN2O. The van der Waals surface area contributed by atoms with Crippen molar-refractivity contribution in [2.75, 3.05) is 6.61 Å². The van der Waals surface area contributed by atoms with Crippen molar-refractivity contribution in [3.8, 4) is 5.75 Å². The summed E-state index contributed by atoms with van der Waals surface area (Å²) in [6.07, 6.45) is 0. The topological polar surface area (TPSA) is 34.1 Å². The molecular weight excluding hydrogens is 260 g/mol. The third kappa shape index (κ3) is 6.08. The Bertz CT molecular complexity index is 450. The van der Waals surface area contributed by atoms with Gasteiger partial charge in [0.1, 0.15) is 12.4 Å². The quantitative estimate of drug-likeness (QED) is 0.892. The van der Waals surface area contributed by atoms with Crippen LogP contribution >= 0.6 is 11.6 Å². The lowest BCUT2D eigenvalue weighted by atomic mass is 10.1. The van der Waals surface area contributed by atoms with Gasteiger partial charge in [-0.25, -0.2) is 0 Å². The van der Waals surface area contributed by atoms with Gasteiger partial charge < -0.3 is 10.1 Å². The molecule has 106 valence electrons. The Labute approximate surface area is 121 Å².